The molecule has 1 aliphatic rings. The Kier molecular flexibility index (Phi) is 4.91. The van der Waals surface area contributed by atoms with Crippen molar-refractivity contribution in [2.24, 2.45) is 0 Å². The zero-order valence-corrected chi connectivity index (χ0v) is 13.5. The van der Waals surface area contributed by atoms with Crippen LogP contribution in [0.2, 0.25) is 0 Å². The predicted octanol–water partition coefficient (Wildman–Crippen LogP) is 4.18. The third kappa shape index (κ3) is 3.40. The number of rotatable bonds is 4. The molecule has 0 aromatic heterocycles. The first-order valence-electron chi connectivity index (χ1n) is 8.15. The van der Waals surface area contributed by atoms with Crippen molar-refractivity contribution in [3.8, 4) is 0 Å². The van der Waals surface area contributed by atoms with E-state index in [-0.39, 0.29) is 6.10 Å². The lowest BCUT2D eigenvalue weighted by atomic mass is 9.94. The largest absolute Gasteiger partial charge is 0.365 e. The molecule has 115 valence electrons. The van der Waals surface area contributed by atoms with Crippen LogP contribution in [0, 0.1) is 13.8 Å². The maximum Gasteiger partial charge on any atom is 0.108 e. The second-order valence-corrected chi connectivity index (χ2v) is 6.10. The highest BCUT2D eigenvalue weighted by Crippen LogP contribution is 2.33. The minimum absolute atomic E-state index is 0.0190. The Bertz CT molecular complexity index is 571. The molecule has 0 aliphatic carbocycles. The molecule has 2 aromatic rings. The first-order chi connectivity index (χ1) is 10.8. The molecular weight excluding hydrogens is 270 g/mol. The topological polar surface area (TPSA) is 23.3 Å². The number of nitrogens with zero attached hydrogens (tertiary/aromatic N) is 1. The van der Waals surface area contributed by atoms with Gasteiger partial charge >= 0.3 is 0 Å². The van der Waals surface area contributed by atoms with Crippen molar-refractivity contribution in [3.63, 3.8) is 0 Å². The summed E-state index contributed by atoms with van der Waals surface area (Å²) < 4.78 is 6.57. The number of hydrogen-bond donors (Lipinski definition) is 0. The Morgan fingerprint density at radius 3 is 1.86 bits per heavy atom. The number of piperidine rings is 1. The van der Waals surface area contributed by atoms with Gasteiger partial charge < -0.3 is 4.74 Å². The van der Waals surface area contributed by atoms with E-state index < -0.39 is 0 Å². The molecule has 0 amide bonds. The smallest absolute Gasteiger partial charge is 0.108 e. The van der Waals surface area contributed by atoms with Crippen molar-refractivity contribution >= 4 is 0 Å². The fourth-order valence-corrected chi connectivity index (χ4v) is 3.13. The molecule has 0 saturated carbocycles. The van der Waals surface area contributed by atoms with Crippen molar-refractivity contribution in [1.82, 2.24) is 5.32 Å². The van der Waals surface area contributed by atoms with E-state index in [0.29, 0.717) is 6.10 Å². The summed E-state index contributed by atoms with van der Waals surface area (Å²) in [6.45, 7) is 6.19. The van der Waals surface area contributed by atoms with Gasteiger partial charge in [-0.1, -0.05) is 48.5 Å². The number of ether oxygens (including phenoxy) is 1. The summed E-state index contributed by atoms with van der Waals surface area (Å²) in [5.74, 6) is 0. The molecule has 2 aromatic carbocycles. The summed E-state index contributed by atoms with van der Waals surface area (Å²) in [5, 5.41) is 4.44. The quantitative estimate of drug-likeness (QED) is 0.830. The van der Waals surface area contributed by atoms with Gasteiger partial charge in [-0.05, 0) is 48.9 Å². The normalized spacial score (nSPS) is 16.1. The molecule has 1 aliphatic heterocycles. The van der Waals surface area contributed by atoms with Crippen molar-refractivity contribution in [1.29, 1.82) is 0 Å². The van der Waals surface area contributed by atoms with Crippen LogP contribution in [-0.2, 0) is 4.74 Å². The van der Waals surface area contributed by atoms with Crippen LogP contribution in [-0.4, -0.2) is 19.2 Å². The van der Waals surface area contributed by atoms with Gasteiger partial charge in [0.25, 0.3) is 0 Å². The molecule has 1 fully saturated rings. The third-order valence-electron chi connectivity index (χ3n) is 4.49. The van der Waals surface area contributed by atoms with E-state index in [4.69, 9.17) is 4.74 Å². The fraction of sp³-hybridized carbons (Fsp3) is 0.400. The van der Waals surface area contributed by atoms with Crippen LogP contribution in [0.3, 0.4) is 0 Å². The molecule has 22 heavy (non-hydrogen) atoms. The Balaban J connectivity index is 1.95. The Hall–Kier alpha value is -1.64. The molecule has 3 rings (SSSR count). The van der Waals surface area contributed by atoms with E-state index in [2.05, 4.69) is 67.7 Å². The SMILES string of the molecule is Cc1ccccc1C(OC1CC[N]CC1)c1ccccc1C. The van der Waals surface area contributed by atoms with Gasteiger partial charge in [0.2, 0.25) is 0 Å². The van der Waals surface area contributed by atoms with Crippen LogP contribution in [0.25, 0.3) is 0 Å². The molecular formula is C20H24NO. The summed E-state index contributed by atoms with van der Waals surface area (Å²) in [7, 11) is 0. The summed E-state index contributed by atoms with van der Waals surface area (Å²) >= 11 is 0. The summed E-state index contributed by atoms with van der Waals surface area (Å²) in [6, 6.07) is 17.1. The van der Waals surface area contributed by atoms with Gasteiger partial charge in [-0.2, -0.15) is 0 Å². The minimum Gasteiger partial charge on any atom is -0.365 e. The maximum absolute atomic E-state index is 6.57. The lowest BCUT2D eigenvalue weighted by Gasteiger charge is -2.29. The molecule has 0 N–H and O–H groups in total. The lowest BCUT2D eigenvalue weighted by Crippen LogP contribution is -2.30. The van der Waals surface area contributed by atoms with Gasteiger partial charge in [-0.3, -0.25) is 0 Å². The van der Waals surface area contributed by atoms with E-state index >= 15 is 0 Å². The minimum atomic E-state index is 0.0190. The zero-order chi connectivity index (χ0) is 15.4. The van der Waals surface area contributed by atoms with Crippen LogP contribution in [0.1, 0.15) is 41.2 Å². The fourth-order valence-electron chi connectivity index (χ4n) is 3.13. The molecule has 2 heteroatoms. The maximum atomic E-state index is 6.57. The highest BCUT2D eigenvalue weighted by molar-refractivity contribution is 5.39. The van der Waals surface area contributed by atoms with E-state index in [9.17, 15) is 0 Å². The summed E-state index contributed by atoms with van der Waals surface area (Å²) in [4.78, 5) is 0. The molecule has 0 unspecified atom stereocenters. The first kappa shape index (κ1) is 15.3. The average molecular weight is 294 g/mol. The highest BCUT2D eigenvalue weighted by Gasteiger charge is 2.24. The monoisotopic (exact) mass is 294 g/mol. The molecule has 0 atom stereocenters. The second kappa shape index (κ2) is 7.08. The molecule has 0 bridgehead atoms. The summed E-state index contributed by atoms with van der Waals surface area (Å²) in [5.41, 5.74) is 5.13. The van der Waals surface area contributed by atoms with Crippen LogP contribution in [0.5, 0.6) is 0 Å². The van der Waals surface area contributed by atoms with Gasteiger partial charge in [0.1, 0.15) is 6.10 Å². The van der Waals surface area contributed by atoms with Crippen LogP contribution < -0.4 is 5.32 Å². The van der Waals surface area contributed by atoms with E-state index in [1.165, 1.54) is 22.3 Å². The molecule has 1 heterocycles. The highest BCUT2D eigenvalue weighted by atomic mass is 16.5. The van der Waals surface area contributed by atoms with E-state index in [0.717, 1.165) is 25.9 Å². The van der Waals surface area contributed by atoms with Gasteiger partial charge in [0.05, 0.1) is 6.10 Å². The van der Waals surface area contributed by atoms with Crippen LogP contribution in [0.4, 0.5) is 0 Å². The molecule has 2 nitrogen and oxygen atoms in total. The van der Waals surface area contributed by atoms with Gasteiger partial charge in [-0.25, -0.2) is 5.32 Å². The van der Waals surface area contributed by atoms with Crippen molar-refractivity contribution in [2.45, 2.75) is 38.9 Å². The lowest BCUT2D eigenvalue weighted by molar-refractivity contribution is -0.00900. The molecule has 1 saturated heterocycles. The van der Waals surface area contributed by atoms with Gasteiger partial charge in [0.15, 0.2) is 0 Å². The Morgan fingerprint density at radius 2 is 1.36 bits per heavy atom. The van der Waals surface area contributed by atoms with Crippen molar-refractivity contribution < 1.29 is 4.74 Å². The van der Waals surface area contributed by atoms with E-state index in [1.807, 2.05) is 0 Å². The Morgan fingerprint density at radius 1 is 0.864 bits per heavy atom. The third-order valence-corrected chi connectivity index (χ3v) is 4.49. The van der Waals surface area contributed by atoms with E-state index in [1.54, 1.807) is 0 Å². The van der Waals surface area contributed by atoms with Crippen LogP contribution in [0.15, 0.2) is 48.5 Å². The number of benzene rings is 2. The molecule has 0 spiro atoms. The average Bonchev–Trinajstić information content (AvgIpc) is 2.55. The number of hydrogen-bond acceptors (Lipinski definition) is 1. The molecule has 1 radical (unpaired) electrons. The van der Waals surface area contributed by atoms with Crippen LogP contribution >= 0.6 is 0 Å². The standard InChI is InChI=1S/C20H24NO/c1-15-7-3-5-9-18(15)20(19-10-6-4-8-16(19)2)22-17-11-13-21-14-12-17/h3-10,17,20H,11-14H2,1-2H3. The first-order valence-corrected chi connectivity index (χ1v) is 8.15. The summed E-state index contributed by atoms with van der Waals surface area (Å²) in [6.07, 6.45) is 2.40. The Labute approximate surface area is 133 Å². The van der Waals surface area contributed by atoms with Crippen molar-refractivity contribution in [2.75, 3.05) is 13.1 Å². The second-order valence-electron chi connectivity index (χ2n) is 6.10. The number of aryl methyl sites for hydroxylation is 2. The van der Waals surface area contributed by atoms with Gasteiger partial charge in [-0.15, -0.1) is 0 Å². The van der Waals surface area contributed by atoms with Gasteiger partial charge in [0, 0.05) is 13.1 Å². The zero-order valence-electron chi connectivity index (χ0n) is 13.5. The van der Waals surface area contributed by atoms with Crippen molar-refractivity contribution in [3.05, 3.63) is 70.8 Å². The predicted molar refractivity (Wildman–Crippen MR) is 90.2 cm³/mol.